The van der Waals surface area contributed by atoms with E-state index in [1.54, 1.807) is 30.0 Å². The fourth-order valence-electron chi connectivity index (χ4n) is 3.95. The molecule has 0 radical (unpaired) electrons. The Balaban J connectivity index is 1.65. The Labute approximate surface area is 162 Å². The van der Waals surface area contributed by atoms with E-state index in [1.165, 1.54) is 43.9 Å². The predicted octanol–water partition coefficient (Wildman–Crippen LogP) is 5.11. The molecule has 5 nitrogen and oxygen atoms in total. The molecule has 1 aliphatic carbocycles. The number of thioether (sulfide) groups is 1. The molecule has 1 aliphatic rings. The lowest BCUT2D eigenvalue weighted by molar-refractivity contribution is 0.332. The van der Waals surface area contributed by atoms with Gasteiger partial charge in [-0.15, -0.1) is 0 Å². The number of hydrogen-bond donors (Lipinski definition) is 1. The molecular formula is C21H24N2O3S. The molecule has 6 heteroatoms. The maximum absolute atomic E-state index is 11.9. The molecule has 142 valence electrons. The Hall–Kier alpha value is -2.21. The zero-order chi connectivity index (χ0) is 19.0. The molecule has 1 N–H and O–H groups in total. The van der Waals surface area contributed by atoms with E-state index in [9.17, 15) is 9.90 Å². The standard InChI is InChI=1S/C21H24N2O3S/c1-13-14(2)23(16-6-4-3-5-7-16)21(22-13)27-12-15-10-20(25)26-19-11-17(24)8-9-18(15)19/h8-11,16,24H,3-7,12H2,1-2H3. The van der Waals surface area contributed by atoms with Gasteiger partial charge in [-0.25, -0.2) is 9.78 Å². The van der Waals surface area contributed by atoms with Crippen LogP contribution in [0.1, 0.15) is 55.1 Å². The topological polar surface area (TPSA) is 68.3 Å². The van der Waals surface area contributed by atoms with Crippen molar-refractivity contribution in [2.24, 2.45) is 0 Å². The lowest BCUT2D eigenvalue weighted by Crippen LogP contribution is -2.15. The average molecular weight is 385 g/mol. The first-order chi connectivity index (χ1) is 13.0. The summed E-state index contributed by atoms with van der Waals surface area (Å²) < 4.78 is 7.63. The van der Waals surface area contributed by atoms with Gasteiger partial charge in [0.2, 0.25) is 0 Å². The van der Waals surface area contributed by atoms with Crippen molar-refractivity contribution in [2.45, 2.75) is 62.9 Å². The normalized spacial score (nSPS) is 15.5. The molecule has 1 saturated carbocycles. The molecule has 0 bridgehead atoms. The first kappa shape index (κ1) is 18.2. The van der Waals surface area contributed by atoms with Gasteiger partial charge in [0.25, 0.3) is 0 Å². The van der Waals surface area contributed by atoms with Crippen LogP contribution < -0.4 is 5.63 Å². The molecule has 27 heavy (non-hydrogen) atoms. The number of aromatic hydroxyl groups is 1. The third-order valence-electron chi connectivity index (χ3n) is 5.46. The molecule has 4 rings (SSSR count). The Morgan fingerprint density at radius 2 is 2.00 bits per heavy atom. The van der Waals surface area contributed by atoms with Gasteiger partial charge < -0.3 is 14.1 Å². The number of phenolic OH excluding ortho intramolecular Hbond substituents is 1. The lowest BCUT2D eigenvalue weighted by atomic mass is 9.95. The van der Waals surface area contributed by atoms with Crippen LogP contribution in [0.15, 0.2) is 38.6 Å². The molecule has 0 spiro atoms. The number of aromatic nitrogens is 2. The molecule has 2 aromatic heterocycles. The molecule has 0 saturated heterocycles. The van der Waals surface area contributed by atoms with E-state index in [1.807, 2.05) is 0 Å². The smallest absolute Gasteiger partial charge is 0.336 e. The highest BCUT2D eigenvalue weighted by atomic mass is 32.2. The minimum absolute atomic E-state index is 0.0922. The summed E-state index contributed by atoms with van der Waals surface area (Å²) in [6.45, 7) is 4.21. The van der Waals surface area contributed by atoms with Gasteiger partial charge in [0.15, 0.2) is 5.16 Å². The fraction of sp³-hybridized carbons (Fsp3) is 0.429. The fourth-order valence-corrected chi connectivity index (χ4v) is 5.10. The van der Waals surface area contributed by atoms with E-state index in [2.05, 4.69) is 18.4 Å². The van der Waals surface area contributed by atoms with Gasteiger partial charge in [0.05, 0.1) is 5.69 Å². The van der Waals surface area contributed by atoms with Crippen LogP contribution in [-0.4, -0.2) is 14.7 Å². The highest BCUT2D eigenvalue weighted by Crippen LogP contribution is 2.35. The largest absolute Gasteiger partial charge is 0.508 e. The highest BCUT2D eigenvalue weighted by Gasteiger charge is 2.22. The van der Waals surface area contributed by atoms with Crippen molar-refractivity contribution in [3.63, 3.8) is 0 Å². The second-order valence-corrected chi connectivity index (χ2v) is 8.23. The van der Waals surface area contributed by atoms with Crippen LogP contribution in [0.3, 0.4) is 0 Å². The van der Waals surface area contributed by atoms with Gasteiger partial charge in [0, 0.05) is 35.0 Å². The summed E-state index contributed by atoms with van der Waals surface area (Å²) >= 11 is 1.67. The maximum Gasteiger partial charge on any atom is 0.336 e. The van der Waals surface area contributed by atoms with Crippen molar-refractivity contribution < 1.29 is 9.52 Å². The molecule has 1 fully saturated rings. The van der Waals surface area contributed by atoms with E-state index < -0.39 is 5.63 Å². The first-order valence-corrected chi connectivity index (χ1v) is 10.5. The average Bonchev–Trinajstić information content (AvgIpc) is 2.94. The van der Waals surface area contributed by atoms with Gasteiger partial charge in [-0.05, 0) is 44.4 Å². The van der Waals surface area contributed by atoms with Crippen molar-refractivity contribution in [1.29, 1.82) is 0 Å². The third kappa shape index (κ3) is 3.63. The van der Waals surface area contributed by atoms with Crippen molar-refractivity contribution in [3.8, 4) is 5.75 Å². The monoisotopic (exact) mass is 384 g/mol. The number of fused-ring (bicyclic) bond motifs is 1. The van der Waals surface area contributed by atoms with Gasteiger partial charge >= 0.3 is 5.63 Å². The zero-order valence-corrected chi connectivity index (χ0v) is 16.5. The summed E-state index contributed by atoms with van der Waals surface area (Å²) in [7, 11) is 0. The molecule has 3 aromatic rings. The maximum atomic E-state index is 11.9. The second-order valence-electron chi connectivity index (χ2n) is 7.29. The summed E-state index contributed by atoms with van der Waals surface area (Å²) in [6, 6.07) is 6.97. The Morgan fingerprint density at radius 3 is 2.78 bits per heavy atom. The summed E-state index contributed by atoms with van der Waals surface area (Å²) in [6.07, 6.45) is 6.30. The van der Waals surface area contributed by atoms with E-state index in [0.717, 1.165) is 21.8 Å². The van der Waals surface area contributed by atoms with Gasteiger partial charge in [-0.3, -0.25) is 0 Å². The lowest BCUT2D eigenvalue weighted by Gasteiger charge is -2.26. The summed E-state index contributed by atoms with van der Waals surface area (Å²) in [5.41, 5.74) is 3.24. The Bertz CT molecular complexity index is 1030. The molecule has 0 amide bonds. The van der Waals surface area contributed by atoms with E-state index in [4.69, 9.17) is 9.40 Å². The Morgan fingerprint density at radius 1 is 1.22 bits per heavy atom. The van der Waals surface area contributed by atoms with E-state index in [-0.39, 0.29) is 5.75 Å². The van der Waals surface area contributed by atoms with Crippen molar-refractivity contribution >= 4 is 22.7 Å². The molecule has 1 aromatic carbocycles. The predicted molar refractivity (Wildman–Crippen MR) is 108 cm³/mol. The van der Waals surface area contributed by atoms with Gasteiger partial charge in [-0.1, -0.05) is 31.0 Å². The van der Waals surface area contributed by atoms with Crippen LogP contribution >= 0.6 is 11.8 Å². The van der Waals surface area contributed by atoms with Gasteiger partial charge in [0.1, 0.15) is 11.3 Å². The minimum atomic E-state index is -0.397. The number of nitrogens with zero attached hydrogens (tertiary/aromatic N) is 2. The number of benzene rings is 1. The summed E-state index contributed by atoms with van der Waals surface area (Å²) in [5, 5.41) is 11.5. The Kier molecular flexibility index (Phi) is 5.00. The van der Waals surface area contributed by atoms with Gasteiger partial charge in [-0.2, -0.15) is 0 Å². The number of rotatable bonds is 4. The van der Waals surface area contributed by atoms with Crippen LogP contribution in [0, 0.1) is 13.8 Å². The zero-order valence-electron chi connectivity index (χ0n) is 15.7. The van der Waals surface area contributed by atoms with Crippen LogP contribution in [0.2, 0.25) is 0 Å². The number of imidazole rings is 1. The van der Waals surface area contributed by atoms with Crippen LogP contribution in [0.4, 0.5) is 0 Å². The number of hydrogen-bond acceptors (Lipinski definition) is 5. The van der Waals surface area contributed by atoms with Crippen LogP contribution in [0.25, 0.3) is 11.0 Å². The number of phenols is 1. The van der Waals surface area contributed by atoms with E-state index in [0.29, 0.717) is 17.4 Å². The van der Waals surface area contributed by atoms with Crippen molar-refractivity contribution in [3.05, 3.63) is 51.6 Å². The molecule has 0 unspecified atom stereocenters. The van der Waals surface area contributed by atoms with E-state index >= 15 is 0 Å². The van der Waals surface area contributed by atoms with Crippen molar-refractivity contribution in [1.82, 2.24) is 9.55 Å². The SMILES string of the molecule is Cc1nc(SCc2cc(=O)oc3cc(O)ccc23)n(C2CCCCC2)c1C. The summed E-state index contributed by atoms with van der Waals surface area (Å²) in [4.78, 5) is 16.7. The molecule has 0 atom stereocenters. The molecule has 0 aliphatic heterocycles. The minimum Gasteiger partial charge on any atom is -0.508 e. The third-order valence-corrected chi connectivity index (χ3v) is 6.47. The van der Waals surface area contributed by atoms with Crippen molar-refractivity contribution in [2.75, 3.05) is 0 Å². The second kappa shape index (κ2) is 7.43. The quantitative estimate of drug-likeness (QED) is 0.500. The van der Waals surface area contributed by atoms with Crippen LogP contribution in [0.5, 0.6) is 5.75 Å². The highest BCUT2D eigenvalue weighted by molar-refractivity contribution is 7.98. The van der Waals surface area contributed by atoms with Crippen LogP contribution in [-0.2, 0) is 5.75 Å². The molecule has 2 heterocycles. The first-order valence-electron chi connectivity index (χ1n) is 9.47. The summed E-state index contributed by atoms with van der Waals surface area (Å²) in [5.74, 6) is 0.727. The molecular weight excluding hydrogens is 360 g/mol. The number of aryl methyl sites for hydroxylation is 1.